The van der Waals surface area contributed by atoms with Crippen LogP contribution in [0.4, 0.5) is 18.9 Å². The maximum absolute atomic E-state index is 11.8. The molecule has 16 heavy (non-hydrogen) atoms. The molecule has 0 spiro atoms. The lowest BCUT2D eigenvalue weighted by molar-refractivity contribution is -0.136. The topological polar surface area (TPSA) is 35.2 Å². The highest BCUT2D eigenvalue weighted by molar-refractivity contribution is 9.10. The lowest BCUT2D eigenvalue weighted by Crippen LogP contribution is -2.09. The number of anilines is 1. The molecule has 0 aliphatic heterocycles. The molecule has 0 unspecified atom stereocenters. The van der Waals surface area contributed by atoms with Crippen molar-refractivity contribution in [3.05, 3.63) is 22.7 Å². The number of nitrogens with two attached hydrogens (primary N) is 1. The Labute approximate surface area is 99.7 Å². The van der Waals surface area contributed by atoms with Crippen molar-refractivity contribution in [3.63, 3.8) is 0 Å². The zero-order valence-corrected chi connectivity index (χ0v) is 9.94. The minimum Gasteiger partial charge on any atom is -0.492 e. The largest absolute Gasteiger partial charge is 0.492 e. The molecule has 2 nitrogen and oxygen atoms in total. The Hall–Kier alpha value is -0.910. The van der Waals surface area contributed by atoms with Crippen molar-refractivity contribution in [1.82, 2.24) is 0 Å². The van der Waals surface area contributed by atoms with Gasteiger partial charge >= 0.3 is 6.18 Å². The Balaban J connectivity index is 2.41. The van der Waals surface area contributed by atoms with E-state index in [1.54, 1.807) is 18.2 Å². The molecule has 1 rings (SSSR count). The first-order chi connectivity index (χ1) is 7.40. The Bertz CT molecular complexity index is 354. The summed E-state index contributed by atoms with van der Waals surface area (Å²) in [6.07, 6.45) is -5.03. The van der Waals surface area contributed by atoms with Gasteiger partial charge in [-0.1, -0.05) is 6.07 Å². The van der Waals surface area contributed by atoms with E-state index in [-0.39, 0.29) is 13.0 Å². The van der Waals surface area contributed by atoms with Crippen LogP contribution in [0.2, 0.25) is 0 Å². The molecule has 0 saturated heterocycles. The van der Waals surface area contributed by atoms with Crippen LogP contribution in [0.3, 0.4) is 0 Å². The fourth-order valence-corrected chi connectivity index (χ4v) is 1.47. The van der Waals surface area contributed by atoms with Gasteiger partial charge in [-0.25, -0.2) is 0 Å². The fourth-order valence-electron chi connectivity index (χ4n) is 1.09. The number of rotatable bonds is 4. The minimum atomic E-state index is -4.13. The molecule has 0 radical (unpaired) electrons. The lowest BCUT2D eigenvalue weighted by Gasteiger charge is -2.10. The van der Waals surface area contributed by atoms with Gasteiger partial charge in [0.2, 0.25) is 0 Å². The van der Waals surface area contributed by atoms with Crippen LogP contribution in [-0.4, -0.2) is 12.8 Å². The third-order valence-corrected chi connectivity index (χ3v) is 2.70. The number of halogens is 4. The summed E-state index contributed by atoms with van der Waals surface area (Å²) in [4.78, 5) is 0. The van der Waals surface area contributed by atoms with Crippen molar-refractivity contribution in [1.29, 1.82) is 0 Å². The van der Waals surface area contributed by atoms with E-state index in [1.165, 1.54) is 0 Å². The van der Waals surface area contributed by atoms with Gasteiger partial charge < -0.3 is 10.5 Å². The summed E-state index contributed by atoms with van der Waals surface area (Å²) in [5.41, 5.74) is 6.08. The quantitative estimate of drug-likeness (QED) is 0.678. The molecule has 0 amide bonds. The predicted octanol–water partition coefficient (Wildman–Crippen LogP) is 3.75. The molecule has 0 aliphatic carbocycles. The summed E-state index contributed by atoms with van der Waals surface area (Å²) in [6, 6.07) is 5.00. The van der Waals surface area contributed by atoms with Crippen LogP contribution in [0.25, 0.3) is 0 Å². The summed E-state index contributed by atoms with van der Waals surface area (Å²) < 4.78 is 41.3. The molecule has 6 heteroatoms. The second kappa shape index (κ2) is 5.43. The number of nitrogen functional groups attached to an aromatic ring is 1. The van der Waals surface area contributed by atoms with Gasteiger partial charge in [0, 0.05) is 12.1 Å². The molecule has 1 aromatic carbocycles. The molecule has 0 bridgehead atoms. The third kappa shape index (κ3) is 4.30. The third-order valence-electron chi connectivity index (χ3n) is 1.86. The van der Waals surface area contributed by atoms with E-state index in [0.29, 0.717) is 15.9 Å². The molecule has 0 fully saturated rings. The molecular weight excluding hydrogens is 287 g/mol. The number of benzene rings is 1. The number of hydrogen-bond donors (Lipinski definition) is 1. The Morgan fingerprint density at radius 3 is 2.62 bits per heavy atom. The standard InChI is InChI=1S/C10H11BrF3NO/c11-9-7(15)3-1-4-8(9)16-6-2-5-10(12,13)14/h1,3-4H,2,5-6,15H2. The summed E-state index contributed by atoms with van der Waals surface area (Å²) in [6.45, 7) is 0.0154. The van der Waals surface area contributed by atoms with E-state index in [9.17, 15) is 13.2 Å². The maximum atomic E-state index is 11.8. The molecular formula is C10H11BrF3NO. The van der Waals surface area contributed by atoms with Crippen molar-refractivity contribution in [2.24, 2.45) is 0 Å². The predicted molar refractivity (Wildman–Crippen MR) is 59.3 cm³/mol. The van der Waals surface area contributed by atoms with Crippen molar-refractivity contribution >= 4 is 21.6 Å². The first-order valence-corrected chi connectivity index (χ1v) is 5.43. The highest BCUT2D eigenvalue weighted by Crippen LogP contribution is 2.30. The molecule has 0 aromatic heterocycles. The van der Waals surface area contributed by atoms with Crippen molar-refractivity contribution in [2.45, 2.75) is 19.0 Å². The van der Waals surface area contributed by atoms with Crippen molar-refractivity contribution in [2.75, 3.05) is 12.3 Å². The van der Waals surface area contributed by atoms with Crippen LogP contribution in [0.5, 0.6) is 5.75 Å². The van der Waals surface area contributed by atoms with Gasteiger partial charge in [-0.2, -0.15) is 13.2 Å². The van der Waals surface area contributed by atoms with Gasteiger partial charge in [0.05, 0.1) is 11.1 Å². The second-order valence-corrected chi connectivity index (χ2v) is 4.02. The van der Waals surface area contributed by atoms with Crippen molar-refractivity contribution < 1.29 is 17.9 Å². The van der Waals surface area contributed by atoms with Crippen LogP contribution in [0.15, 0.2) is 22.7 Å². The number of hydrogen-bond acceptors (Lipinski definition) is 2. The normalized spacial score (nSPS) is 11.5. The first kappa shape index (κ1) is 13.2. The molecule has 90 valence electrons. The van der Waals surface area contributed by atoms with E-state index in [0.717, 1.165) is 0 Å². The van der Waals surface area contributed by atoms with E-state index >= 15 is 0 Å². The smallest absolute Gasteiger partial charge is 0.389 e. The summed E-state index contributed by atoms with van der Waals surface area (Å²) in [5.74, 6) is 0.460. The van der Waals surface area contributed by atoms with Crippen LogP contribution in [0, 0.1) is 0 Å². The van der Waals surface area contributed by atoms with Crippen LogP contribution >= 0.6 is 15.9 Å². The zero-order chi connectivity index (χ0) is 12.2. The SMILES string of the molecule is Nc1cccc(OCCCC(F)(F)F)c1Br. The lowest BCUT2D eigenvalue weighted by atomic mass is 10.3. The van der Waals surface area contributed by atoms with Gasteiger partial charge in [0.25, 0.3) is 0 Å². The zero-order valence-electron chi connectivity index (χ0n) is 8.35. The minimum absolute atomic E-state index is 0.0154. The molecule has 2 N–H and O–H groups in total. The monoisotopic (exact) mass is 297 g/mol. The Morgan fingerprint density at radius 2 is 2.00 bits per heavy atom. The van der Waals surface area contributed by atoms with Crippen LogP contribution < -0.4 is 10.5 Å². The molecule has 1 aromatic rings. The number of ether oxygens (including phenoxy) is 1. The average Bonchev–Trinajstić information content (AvgIpc) is 2.17. The van der Waals surface area contributed by atoms with Gasteiger partial charge in [-0.3, -0.25) is 0 Å². The van der Waals surface area contributed by atoms with Gasteiger partial charge in [0.15, 0.2) is 0 Å². The van der Waals surface area contributed by atoms with E-state index in [4.69, 9.17) is 10.5 Å². The van der Waals surface area contributed by atoms with Gasteiger partial charge in [-0.05, 0) is 34.5 Å². The van der Waals surface area contributed by atoms with Crippen LogP contribution in [-0.2, 0) is 0 Å². The second-order valence-electron chi connectivity index (χ2n) is 3.23. The van der Waals surface area contributed by atoms with Gasteiger partial charge in [-0.15, -0.1) is 0 Å². The summed E-state index contributed by atoms with van der Waals surface area (Å²) in [5, 5.41) is 0. The van der Waals surface area contributed by atoms with Gasteiger partial charge in [0.1, 0.15) is 5.75 Å². The summed E-state index contributed by atoms with van der Waals surface area (Å²) >= 11 is 3.20. The number of alkyl halides is 3. The van der Waals surface area contributed by atoms with Crippen molar-refractivity contribution in [3.8, 4) is 5.75 Å². The van der Waals surface area contributed by atoms with Crippen LogP contribution in [0.1, 0.15) is 12.8 Å². The average molecular weight is 298 g/mol. The molecule has 0 saturated carbocycles. The van der Waals surface area contributed by atoms with E-state index in [2.05, 4.69) is 15.9 Å². The highest BCUT2D eigenvalue weighted by Gasteiger charge is 2.26. The Morgan fingerprint density at radius 1 is 1.31 bits per heavy atom. The molecule has 0 aliphatic rings. The summed E-state index contributed by atoms with van der Waals surface area (Å²) in [7, 11) is 0. The van der Waals surface area contributed by atoms with E-state index in [1.807, 2.05) is 0 Å². The highest BCUT2D eigenvalue weighted by atomic mass is 79.9. The molecule has 0 heterocycles. The maximum Gasteiger partial charge on any atom is 0.389 e. The van der Waals surface area contributed by atoms with E-state index < -0.39 is 12.6 Å². The first-order valence-electron chi connectivity index (χ1n) is 4.63. The fraction of sp³-hybridized carbons (Fsp3) is 0.400. The molecule has 0 atom stereocenters. The Kier molecular flexibility index (Phi) is 4.46.